The molecule has 1 aromatic carbocycles. The molecule has 1 aliphatic heterocycles. The number of hydrogen-bond acceptors (Lipinski definition) is 8. The van der Waals surface area contributed by atoms with Crippen molar-refractivity contribution in [2.45, 2.75) is 19.1 Å². The summed E-state index contributed by atoms with van der Waals surface area (Å²) in [7, 11) is 1.56. The molecule has 1 unspecified atom stereocenters. The Kier molecular flexibility index (Phi) is 8.72. The summed E-state index contributed by atoms with van der Waals surface area (Å²) in [6.07, 6.45) is 0. The number of rotatable bonds is 9. The number of ether oxygens (including phenoxy) is 1. The Hall–Kier alpha value is -3.05. The minimum Gasteiger partial charge on any atom is -0.378 e. The van der Waals surface area contributed by atoms with E-state index < -0.39 is 5.25 Å². The number of aromatic nitrogens is 1. The molecule has 0 spiro atoms. The Labute approximate surface area is 197 Å². The summed E-state index contributed by atoms with van der Waals surface area (Å²) in [4.78, 5) is 40.5. The lowest BCUT2D eigenvalue weighted by atomic mass is 10.2. The van der Waals surface area contributed by atoms with E-state index in [0.717, 1.165) is 18.8 Å². The fourth-order valence-electron chi connectivity index (χ4n) is 3.12. The SMILES string of the molecule is Cc1cc(NC(=O)C(C)SCC(=O)N(C)CC(=O)Nc2ccc(N3CCOCC3)cc2)no1. The highest BCUT2D eigenvalue weighted by molar-refractivity contribution is 8.01. The molecule has 1 atom stereocenters. The van der Waals surface area contributed by atoms with Crippen LogP contribution in [0.4, 0.5) is 17.2 Å². The van der Waals surface area contributed by atoms with Gasteiger partial charge in [0.1, 0.15) is 5.76 Å². The maximum atomic E-state index is 12.4. The molecule has 2 aromatic rings. The van der Waals surface area contributed by atoms with Crippen LogP contribution < -0.4 is 15.5 Å². The number of likely N-dealkylation sites (N-methyl/N-ethyl adjacent to an activating group) is 1. The normalized spacial score (nSPS) is 14.5. The number of nitrogens with zero attached hydrogens (tertiary/aromatic N) is 3. The Morgan fingerprint density at radius 3 is 2.52 bits per heavy atom. The zero-order valence-corrected chi connectivity index (χ0v) is 19.8. The molecule has 3 amide bonds. The van der Waals surface area contributed by atoms with Crippen LogP contribution in [0.15, 0.2) is 34.9 Å². The van der Waals surface area contributed by atoms with Crippen LogP contribution in [0.5, 0.6) is 0 Å². The second-order valence-corrected chi connectivity index (χ2v) is 9.04. The highest BCUT2D eigenvalue weighted by Gasteiger charge is 2.19. The van der Waals surface area contributed by atoms with E-state index in [-0.39, 0.29) is 30.0 Å². The van der Waals surface area contributed by atoms with Gasteiger partial charge >= 0.3 is 0 Å². The van der Waals surface area contributed by atoms with E-state index in [1.54, 1.807) is 27.0 Å². The van der Waals surface area contributed by atoms with Gasteiger partial charge in [0.15, 0.2) is 5.82 Å². The number of benzene rings is 1. The van der Waals surface area contributed by atoms with E-state index >= 15 is 0 Å². The first-order chi connectivity index (χ1) is 15.8. The lowest BCUT2D eigenvalue weighted by molar-refractivity contribution is -0.131. The maximum absolute atomic E-state index is 12.4. The van der Waals surface area contributed by atoms with Crippen molar-refractivity contribution in [3.63, 3.8) is 0 Å². The number of aryl methyl sites for hydroxylation is 1. The highest BCUT2D eigenvalue weighted by atomic mass is 32.2. The second-order valence-electron chi connectivity index (χ2n) is 7.71. The first-order valence-corrected chi connectivity index (χ1v) is 11.7. The molecular formula is C22H29N5O5S. The van der Waals surface area contributed by atoms with Crippen LogP contribution in [0.25, 0.3) is 0 Å². The number of anilines is 3. The van der Waals surface area contributed by atoms with Gasteiger partial charge in [0, 0.05) is 37.6 Å². The quantitative estimate of drug-likeness (QED) is 0.565. The van der Waals surface area contributed by atoms with E-state index in [0.29, 0.717) is 30.5 Å². The first kappa shape index (κ1) is 24.6. The average Bonchev–Trinajstić information content (AvgIpc) is 3.22. The van der Waals surface area contributed by atoms with Crippen molar-refractivity contribution in [1.82, 2.24) is 10.1 Å². The van der Waals surface area contributed by atoms with Gasteiger partial charge in [-0.3, -0.25) is 14.4 Å². The molecule has 0 radical (unpaired) electrons. The summed E-state index contributed by atoms with van der Waals surface area (Å²) in [6.45, 7) is 6.46. The predicted molar refractivity (Wildman–Crippen MR) is 128 cm³/mol. The molecule has 2 heterocycles. The zero-order chi connectivity index (χ0) is 23.8. The number of nitrogens with one attached hydrogen (secondary N) is 2. The van der Waals surface area contributed by atoms with Crippen LogP contribution in [0.2, 0.25) is 0 Å². The molecule has 1 aromatic heterocycles. The van der Waals surface area contributed by atoms with Crippen molar-refractivity contribution in [3.05, 3.63) is 36.1 Å². The number of morpholine rings is 1. The van der Waals surface area contributed by atoms with Gasteiger partial charge < -0.3 is 29.7 Å². The molecule has 0 aliphatic carbocycles. The van der Waals surface area contributed by atoms with Gasteiger partial charge in [0.2, 0.25) is 17.7 Å². The van der Waals surface area contributed by atoms with Gasteiger partial charge in [0.05, 0.1) is 30.8 Å². The molecule has 2 N–H and O–H groups in total. The summed E-state index contributed by atoms with van der Waals surface area (Å²) in [5, 5.41) is 8.68. The van der Waals surface area contributed by atoms with Crippen molar-refractivity contribution < 1.29 is 23.6 Å². The Balaban J connectivity index is 1.39. The molecule has 1 fully saturated rings. The third kappa shape index (κ3) is 7.50. The fourth-order valence-corrected chi connectivity index (χ4v) is 3.94. The molecule has 11 heteroatoms. The van der Waals surface area contributed by atoms with Gasteiger partial charge in [0.25, 0.3) is 0 Å². The monoisotopic (exact) mass is 475 g/mol. The standard InChI is InChI=1S/C22H29N5O5S/c1-15-12-19(25-32-15)24-22(30)16(2)33-14-21(29)26(3)13-20(28)23-17-4-6-18(7-5-17)27-8-10-31-11-9-27/h4-7,12,16H,8-11,13-14H2,1-3H3,(H,23,28)(H,24,25,30). The van der Waals surface area contributed by atoms with Gasteiger partial charge in [-0.25, -0.2) is 0 Å². The molecule has 0 bridgehead atoms. The highest BCUT2D eigenvalue weighted by Crippen LogP contribution is 2.19. The smallest absolute Gasteiger partial charge is 0.243 e. The van der Waals surface area contributed by atoms with Crippen LogP contribution in [0.3, 0.4) is 0 Å². The van der Waals surface area contributed by atoms with Crippen LogP contribution >= 0.6 is 11.8 Å². The van der Waals surface area contributed by atoms with Gasteiger partial charge in [-0.1, -0.05) is 5.16 Å². The summed E-state index contributed by atoms with van der Waals surface area (Å²) in [6, 6.07) is 9.22. The van der Waals surface area contributed by atoms with Gasteiger partial charge in [-0.15, -0.1) is 11.8 Å². The van der Waals surface area contributed by atoms with Crippen molar-refractivity contribution in [2.75, 3.05) is 61.2 Å². The van der Waals surface area contributed by atoms with Crippen LogP contribution in [0, 0.1) is 6.92 Å². The topological polar surface area (TPSA) is 117 Å². The molecule has 0 saturated carbocycles. The van der Waals surface area contributed by atoms with Crippen molar-refractivity contribution in [2.24, 2.45) is 0 Å². The number of carbonyl (C=O) groups is 3. The summed E-state index contributed by atoms with van der Waals surface area (Å²) in [5.74, 6) is 0.195. The third-order valence-corrected chi connectivity index (χ3v) is 6.17. The Morgan fingerprint density at radius 1 is 1.18 bits per heavy atom. The molecular weight excluding hydrogens is 446 g/mol. The number of thioether (sulfide) groups is 1. The molecule has 1 aliphatic rings. The number of amides is 3. The van der Waals surface area contributed by atoms with Crippen molar-refractivity contribution in [3.8, 4) is 0 Å². The summed E-state index contributed by atoms with van der Waals surface area (Å²) >= 11 is 1.19. The van der Waals surface area contributed by atoms with E-state index in [4.69, 9.17) is 9.26 Å². The third-order valence-electron chi connectivity index (χ3n) is 5.04. The maximum Gasteiger partial charge on any atom is 0.243 e. The Morgan fingerprint density at radius 2 is 1.88 bits per heavy atom. The predicted octanol–water partition coefficient (Wildman–Crippen LogP) is 1.98. The number of hydrogen-bond donors (Lipinski definition) is 2. The molecule has 178 valence electrons. The van der Waals surface area contributed by atoms with E-state index in [1.165, 1.54) is 16.7 Å². The fraction of sp³-hybridized carbons (Fsp3) is 0.455. The summed E-state index contributed by atoms with van der Waals surface area (Å²) < 4.78 is 10.3. The van der Waals surface area contributed by atoms with Crippen molar-refractivity contribution in [1.29, 1.82) is 0 Å². The molecule has 1 saturated heterocycles. The molecule has 10 nitrogen and oxygen atoms in total. The van der Waals surface area contributed by atoms with Gasteiger partial charge in [-0.2, -0.15) is 0 Å². The largest absolute Gasteiger partial charge is 0.378 e. The van der Waals surface area contributed by atoms with Crippen LogP contribution in [-0.2, 0) is 19.1 Å². The molecule has 33 heavy (non-hydrogen) atoms. The minimum atomic E-state index is -0.474. The summed E-state index contributed by atoms with van der Waals surface area (Å²) in [5.41, 5.74) is 1.75. The number of carbonyl (C=O) groups excluding carboxylic acids is 3. The molecule has 3 rings (SSSR count). The van der Waals surface area contributed by atoms with E-state index in [1.807, 2.05) is 24.3 Å². The van der Waals surface area contributed by atoms with Gasteiger partial charge in [-0.05, 0) is 38.1 Å². The lowest BCUT2D eigenvalue weighted by Gasteiger charge is -2.28. The van der Waals surface area contributed by atoms with Crippen LogP contribution in [-0.4, -0.2) is 78.7 Å². The van der Waals surface area contributed by atoms with Crippen molar-refractivity contribution >= 4 is 46.7 Å². The zero-order valence-electron chi connectivity index (χ0n) is 19.0. The Bertz CT molecular complexity index is 958. The second kappa shape index (κ2) is 11.7. The van der Waals surface area contributed by atoms with E-state index in [2.05, 4.69) is 20.7 Å². The first-order valence-electron chi connectivity index (χ1n) is 10.6. The average molecular weight is 476 g/mol. The van der Waals surface area contributed by atoms with Crippen LogP contribution in [0.1, 0.15) is 12.7 Å². The lowest BCUT2D eigenvalue weighted by Crippen LogP contribution is -2.37. The minimum absolute atomic E-state index is 0.0739. The van der Waals surface area contributed by atoms with E-state index in [9.17, 15) is 14.4 Å².